The molecular formula is C14H27N3O. The van der Waals surface area contributed by atoms with E-state index in [1.54, 1.807) is 0 Å². The first kappa shape index (κ1) is 13.8. The summed E-state index contributed by atoms with van der Waals surface area (Å²) in [5.41, 5.74) is 0. The first-order chi connectivity index (χ1) is 8.61. The zero-order chi connectivity index (χ0) is 13.1. The summed E-state index contributed by atoms with van der Waals surface area (Å²) in [7, 11) is 1.94. The Labute approximate surface area is 111 Å². The normalized spacial score (nSPS) is 26.8. The van der Waals surface area contributed by atoms with Crippen molar-refractivity contribution in [2.24, 2.45) is 0 Å². The van der Waals surface area contributed by atoms with Gasteiger partial charge in [-0.2, -0.15) is 0 Å². The number of piperidine rings is 1. The fourth-order valence-electron chi connectivity index (χ4n) is 3.12. The molecule has 0 aromatic carbocycles. The summed E-state index contributed by atoms with van der Waals surface area (Å²) >= 11 is 0. The van der Waals surface area contributed by atoms with Gasteiger partial charge in [0.15, 0.2) is 0 Å². The molecule has 2 saturated heterocycles. The minimum Gasteiger partial charge on any atom is -0.342 e. The summed E-state index contributed by atoms with van der Waals surface area (Å²) in [6.45, 7) is 7.47. The molecule has 4 heteroatoms. The molecule has 2 heterocycles. The van der Waals surface area contributed by atoms with Crippen LogP contribution in [-0.4, -0.2) is 60.5 Å². The Morgan fingerprint density at radius 2 is 1.94 bits per heavy atom. The van der Waals surface area contributed by atoms with E-state index in [1.807, 2.05) is 11.9 Å². The summed E-state index contributed by atoms with van der Waals surface area (Å²) in [4.78, 5) is 16.9. The van der Waals surface area contributed by atoms with Gasteiger partial charge in [0, 0.05) is 19.1 Å². The third-order valence-electron chi connectivity index (χ3n) is 4.48. The van der Waals surface area contributed by atoms with Gasteiger partial charge in [-0.3, -0.25) is 9.69 Å². The minimum atomic E-state index is 0.139. The second kappa shape index (κ2) is 6.02. The summed E-state index contributed by atoms with van der Waals surface area (Å²) in [6, 6.07) is 1.05. The fourth-order valence-corrected chi connectivity index (χ4v) is 3.12. The molecule has 2 fully saturated rings. The molecule has 1 unspecified atom stereocenters. The van der Waals surface area contributed by atoms with Crippen LogP contribution in [-0.2, 0) is 4.79 Å². The van der Waals surface area contributed by atoms with Crippen molar-refractivity contribution in [1.82, 2.24) is 15.1 Å². The van der Waals surface area contributed by atoms with E-state index in [0.717, 1.165) is 26.1 Å². The van der Waals surface area contributed by atoms with E-state index in [-0.39, 0.29) is 6.04 Å². The van der Waals surface area contributed by atoms with Crippen molar-refractivity contribution >= 4 is 5.91 Å². The third kappa shape index (κ3) is 2.86. The average molecular weight is 253 g/mol. The Balaban J connectivity index is 2.00. The van der Waals surface area contributed by atoms with Gasteiger partial charge in [-0.05, 0) is 59.2 Å². The molecule has 18 heavy (non-hydrogen) atoms. The monoisotopic (exact) mass is 253 g/mol. The number of carbonyl (C=O) groups excluding carboxylic acids is 1. The molecule has 2 rings (SSSR count). The fraction of sp³-hybridized carbons (Fsp3) is 0.929. The van der Waals surface area contributed by atoms with Gasteiger partial charge in [0.25, 0.3) is 0 Å². The Hall–Kier alpha value is -0.610. The Kier molecular flexibility index (Phi) is 4.62. The number of nitrogens with one attached hydrogen (secondary N) is 1. The highest BCUT2D eigenvalue weighted by molar-refractivity contribution is 5.82. The number of likely N-dealkylation sites (N-methyl/N-ethyl adjacent to an activating group) is 1. The summed E-state index contributed by atoms with van der Waals surface area (Å²) in [5, 5.41) is 3.40. The maximum atomic E-state index is 12.5. The van der Waals surface area contributed by atoms with Crippen molar-refractivity contribution in [3.8, 4) is 0 Å². The molecule has 2 aliphatic heterocycles. The topological polar surface area (TPSA) is 35.6 Å². The quantitative estimate of drug-likeness (QED) is 0.817. The third-order valence-corrected chi connectivity index (χ3v) is 4.48. The molecular weight excluding hydrogens is 226 g/mol. The van der Waals surface area contributed by atoms with E-state index in [4.69, 9.17) is 0 Å². The van der Waals surface area contributed by atoms with Gasteiger partial charge < -0.3 is 10.2 Å². The molecule has 104 valence electrons. The molecule has 0 bridgehead atoms. The lowest BCUT2D eigenvalue weighted by Crippen LogP contribution is -2.52. The Morgan fingerprint density at radius 3 is 2.56 bits per heavy atom. The molecule has 0 radical (unpaired) electrons. The van der Waals surface area contributed by atoms with Crippen LogP contribution in [0.15, 0.2) is 0 Å². The van der Waals surface area contributed by atoms with Crippen LogP contribution in [0, 0.1) is 0 Å². The zero-order valence-corrected chi connectivity index (χ0v) is 12.0. The number of carbonyl (C=O) groups is 1. The van der Waals surface area contributed by atoms with Crippen LogP contribution < -0.4 is 5.32 Å². The molecule has 0 aliphatic carbocycles. The molecule has 4 nitrogen and oxygen atoms in total. The first-order valence-electron chi connectivity index (χ1n) is 7.34. The molecule has 1 amide bonds. The van der Waals surface area contributed by atoms with E-state index < -0.39 is 0 Å². The molecule has 1 atom stereocenters. The van der Waals surface area contributed by atoms with Crippen molar-refractivity contribution < 1.29 is 4.79 Å². The van der Waals surface area contributed by atoms with Gasteiger partial charge in [-0.25, -0.2) is 0 Å². The number of amides is 1. The maximum absolute atomic E-state index is 12.5. The summed E-state index contributed by atoms with van der Waals surface area (Å²) in [5.74, 6) is 0.320. The average Bonchev–Trinajstić information content (AvgIpc) is 2.87. The Bertz CT molecular complexity index is 287. The van der Waals surface area contributed by atoms with Crippen LogP contribution >= 0.6 is 0 Å². The summed E-state index contributed by atoms with van der Waals surface area (Å²) in [6.07, 6.45) is 4.59. The number of hydrogen-bond acceptors (Lipinski definition) is 3. The molecule has 2 aliphatic rings. The van der Waals surface area contributed by atoms with Crippen molar-refractivity contribution in [2.75, 3.05) is 26.7 Å². The zero-order valence-electron chi connectivity index (χ0n) is 12.0. The lowest BCUT2D eigenvalue weighted by Gasteiger charge is -2.37. The largest absolute Gasteiger partial charge is 0.342 e. The van der Waals surface area contributed by atoms with Crippen molar-refractivity contribution in [3.63, 3.8) is 0 Å². The number of likely N-dealkylation sites (tertiary alicyclic amines) is 1. The standard InChI is InChI=1S/C14H27N3O/c1-11(2)16(3)14(18)13-5-4-10-17(13)12-6-8-15-9-7-12/h11-13,15H,4-10H2,1-3H3. The van der Waals surface area contributed by atoms with Crippen LogP contribution in [0.25, 0.3) is 0 Å². The van der Waals surface area contributed by atoms with Crippen molar-refractivity contribution in [1.29, 1.82) is 0 Å². The van der Waals surface area contributed by atoms with Crippen molar-refractivity contribution in [2.45, 2.75) is 57.7 Å². The summed E-state index contributed by atoms with van der Waals surface area (Å²) < 4.78 is 0. The van der Waals surface area contributed by atoms with Gasteiger partial charge in [-0.1, -0.05) is 0 Å². The van der Waals surface area contributed by atoms with Gasteiger partial charge in [0.1, 0.15) is 0 Å². The smallest absolute Gasteiger partial charge is 0.239 e. The van der Waals surface area contributed by atoms with Crippen molar-refractivity contribution in [3.05, 3.63) is 0 Å². The molecule has 0 spiro atoms. The van der Waals surface area contributed by atoms with Gasteiger partial charge in [0.2, 0.25) is 5.91 Å². The second-order valence-corrected chi connectivity index (χ2v) is 5.92. The van der Waals surface area contributed by atoms with Gasteiger partial charge >= 0.3 is 0 Å². The molecule has 0 aromatic heterocycles. The number of rotatable bonds is 3. The van der Waals surface area contributed by atoms with E-state index in [2.05, 4.69) is 24.1 Å². The molecule has 1 N–H and O–H groups in total. The maximum Gasteiger partial charge on any atom is 0.239 e. The highest BCUT2D eigenvalue weighted by atomic mass is 16.2. The second-order valence-electron chi connectivity index (χ2n) is 5.92. The van der Waals surface area contributed by atoms with E-state index in [1.165, 1.54) is 19.3 Å². The SMILES string of the molecule is CC(C)N(C)C(=O)C1CCCN1C1CCNCC1. The highest BCUT2D eigenvalue weighted by Gasteiger charge is 2.37. The molecule has 0 saturated carbocycles. The lowest BCUT2D eigenvalue weighted by atomic mass is 10.0. The van der Waals surface area contributed by atoms with Crippen LogP contribution in [0.4, 0.5) is 0 Å². The van der Waals surface area contributed by atoms with Crippen LogP contribution in [0.5, 0.6) is 0 Å². The van der Waals surface area contributed by atoms with E-state index >= 15 is 0 Å². The van der Waals surface area contributed by atoms with Crippen LogP contribution in [0.1, 0.15) is 39.5 Å². The predicted octanol–water partition coefficient (Wildman–Crippen LogP) is 1.07. The Morgan fingerprint density at radius 1 is 1.28 bits per heavy atom. The minimum absolute atomic E-state index is 0.139. The van der Waals surface area contributed by atoms with Gasteiger partial charge in [-0.15, -0.1) is 0 Å². The number of nitrogens with zero attached hydrogens (tertiary/aromatic N) is 2. The predicted molar refractivity (Wildman–Crippen MR) is 73.5 cm³/mol. The van der Waals surface area contributed by atoms with E-state index in [9.17, 15) is 4.79 Å². The van der Waals surface area contributed by atoms with Crippen LogP contribution in [0.2, 0.25) is 0 Å². The molecule has 0 aromatic rings. The lowest BCUT2D eigenvalue weighted by molar-refractivity contribution is -0.137. The highest BCUT2D eigenvalue weighted by Crippen LogP contribution is 2.25. The first-order valence-corrected chi connectivity index (χ1v) is 7.34. The van der Waals surface area contributed by atoms with Crippen LogP contribution in [0.3, 0.4) is 0 Å². The number of hydrogen-bond donors (Lipinski definition) is 1. The van der Waals surface area contributed by atoms with Gasteiger partial charge in [0.05, 0.1) is 6.04 Å². The van der Waals surface area contributed by atoms with E-state index in [0.29, 0.717) is 18.0 Å².